The van der Waals surface area contributed by atoms with Crippen molar-refractivity contribution in [3.05, 3.63) is 47.8 Å². The van der Waals surface area contributed by atoms with Crippen LogP contribution in [0.2, 0.25) is 0 Å². The lowest BCUT2D eigenvalue weighted by Gasteiger charge is -2.33. The van der Waals surface area contributed by atoms with Gasteiger partial charge in [0.25, 0.3) is 0 Å². The van der Waals surface area contributed by atoms with Crippen LogP contribution in [0.3, 0.4) is 0 Å². The maximum Gasteiger partial charge on any atom is 0.225 e. The number of hydrogen-bond acceptors (Lipinski definition) is 4. The number of amides is 1. The molecule has 0 spiro atoms. The standard InChI is InChI=1S/C24H31N5O/c1-5-18(4)26-24(30)19-7-6-11-28(15-19)23-22-14-21(27-29(22)12-10-25-23)20-9-8-16(2)13-17(20)3/h8-10,12-14,18-19H,5-7,11,15H2,1-4H3,(H,26,30)/t18-,19-/m1/s1. The zero-order valence-electron chi connectivity index (χ0n) is 18.4. The second-order valence-corrected chi connectivity index (χ2v) is 8.53. The predicted octanol–water partition coefficient (Wildman–Crippen LogP) is 4.14. The van der Waals surface area contributed by atoms with E-state index in [9.17, 15) is 4.79 Å². The van der Waals surface area contributed by atoms with Gasteiger partial charge in [0.2, 0.25) is 5.91 Å². The fraction of sp³-hybridized carbons (Fsp3) is 0.458. The Labute approximate surface area is 178 Å². The van der Waals surface area contributed by atoms with Crippen LogP contribution in [0.4, 0.5) is 5.82 Å². The molecular weight excluding hydrogens is 374 g/mol. The number of rotatable bonds is 5. The van der Waals surface area contributed by atoms with Gasteiger partial charge in [0.15, 0.2) is 5.82 Å². The van der Waals surface area contributed by atoms with E-state index in [1.165, 1.54) is 11.1 Å². The third-order valence-corrected chi connectivity index (χ3v) is 6.12. The van der Waals surface area contributed by atoms with Crippen LogP contribution in [0.5, 0.6) is 0 Å². The highest BCUT2D eigenvalue weighted by atomic mass is 16.2. The van der Waals surface area contributed by atoms with Crippen LogP contribution in [-0.4, -0.2) is 39.6 Å². The van der Waals surface area contributed by atoms with E-state index in [1.807, 2.05) is 10.7 Å². The number of aryl methyl sites for hydroxylation is 2. The molecule has 1 fully saturated rings. The van der Waals surface area contributed by atoms with E-state index in [-0.39, 0.29) is 17.9 Å². The van der Waals surface area contributed by atoms with Crippen molar-refractivity contribution in [1.82, 2.24) is 19.9 Å². The van der Waals surface area contributed by atoms with E-state index >= 15 is 0 Å². The number of aromatic nitrogens is 3. The molecule has 0 bridgehead atoms. The molecular formula is C24H31N5O. The van der Waals surface area contributed by atoms with Crippen molar-refractivity contribution in [2.75, 3.05) is 18.0 Å². The molecule has 3 heterocycles. The molecule has 0 radical (unpaired) electrons. The summed E-state index contributed by atoms with van der Waals surface area (Å²) in [4.78, 5) is 19.6. The smallest absolute Gasteiger partial charge is 0.225 e. The molecule has 0 saturated carbocycles. The molecule has 30 heavy (non-hydrogen) atoms. The number of anilines is 1. The minimum Gasteiger partial charge on any atom is -0.354 e. The van der Waals surface area contributed by atoms with Crippen LogP contribution >= 0.6 is 0 Å². The topological polar surface area (TPSA) is 62.5 Å². The average molecular weight is 406 g/mol. The summed E-state index contributed by atoms with van der Waals surface area (Å²) >= 11 is 0. The van der Waals surface area contributed by atoms with Gasteiger partial charge in [-0.2, -0.15) is 5.10 Å². The molecule has 6 nitrogen and oxygen atoms in total. The molecule has 1 aromatic carbocycles. The monoisotopic (exact) mass is 405 g/mol. The van der Waals surface area contributed by atoms with E-state index < -0.39 is 0 Å². The van der Waals surface area contributed by atoms with Crippen LogP contribution in [0.15, 0.2) is 36.7 Å². The zero-order valence-corrected chi connectivity index (χ0v) is 18.4. The number of piperidine rings is 1. The highest BCUT2D eigenvalue weighted by Gasteiger charge is 2.28. The first-order valence-electron chi connectivity index (χ1n) is 10.9. The maximum absolute atomic E-state index is 12.7. The number of benzene rings is 1. The summed E-state index contributed by atoms with van der Waals surface area (Å²) in [6.07, 6.45) is 6.54. The summed E-state index contributed by atoms with van der Waals surface area (Å²) in [6.45, 7) is 9.98. The maximum atomic E-state index is 12.7. The predicted molar refractivity (Wildman–Crippen MR) is 121 cm³/mol. The first-order chi connectivity index (χ1) is 14.5. The fourth-order valence-electron chi connectivity index (χ4n) is 4.23. The third-order valence-electron chi connectivity index (χ3n) is 6.12. The fourth-order valence-corrected chi connectivity index (χ4v) is 4.23. The molecule has 1 amide bonds. The molecule has 158 valence electrons. The second-order valence-electron chi connectivity index (χ2n) is 8.53. The van der Waals surface area contributed by atoms with Crippen molar-refractivity contribution in [2.45, 2.75) is 53.0 Å². The van der Waals surface area contributed by atoms with Gasteiger partial charge in [0.05, 0.1) is 11.6 Å². The molecule has 2 aromatic heterocycles. The van der Waals surface area contributed by atoms with Crippen LogP contribution < -0.4 is 10.2 Å². The first kappa shape index (κ1) is 20.4. The van der Waals surface area contributed by atoms with Crippen molar-refractivity contribution in [3.63, 3.8) is 0 Å². The molecule has 1 aliphatic heterocycles. The Balaban J connectivity index is 1.62. The SMILES string of the molecule is CC[C@@H](C)NC(=O)[C@@H]1CCCN(c2nccn3nc(-c4ccc(C)cc4C)cc23)C1. The minimum absolute atomic E-state index is 0.00320. The van der Waals surface area contributed by atoms with Crippen LogP contribution in [0.1, 0.15) is 44.2 Å². The van der Waals surface area contributed by atoms with Gasteiger partial charge in [-0.15, -0.1) is 0 Å². The summed E-state index contributed by atoms with van der Waals surface area (Å²) in [7, 11) is 0. The average Bonchev–Trinajstić information content (AvgIpc) is 3.17. The Hall–Kier alpha value is -2.89. The second kappa shape index (κ2) is 8.46. The number of nitrogens with zero attached hydrogens (tertiary/aromatic N) is 4. The van der Waals surface area contributed by atoms with Crippen molar-refractivity contribution in [2.24, 2.45) is 5.92 Å². The van der Waals surface area contributed by atoms with E-state index in [2.05, 4.69) is 67.2 Å². The quantitative estimate of drug-likeness (QED) is 0.693. The molecule has 1 N–H and O–H groups in total. The van der Waals surface area contributed by atoms with E-state index in [4.69, 9.17) is 5.10 Å². The zero-order chi connectivity index (χ0) is 21.3. The number of nitrogens with one attached hydrogen (secondary N) is 1. The summed E-state index contributed by atoms with van der Waals surface area (Å²) in [5, 5.41) is 7.95. The van der Waals surface area contributed by atoms with Gasteiger partial charge in [-0.1, -0.05) is 30.7 Å². The highest BCUT2D eigenvalue weighted by Crippen LogP contribution is 2.30. The summed E-state index contributed by atoms with van der Waals surface area (Å²) in [6, 6.07) is 8.77. The van der Waals surface area contributed by atoms with E-state index in [1.54, 1.807) is 6.20 Å². The largest absolute Gasteiger partial charge is 0.354 e. The summed E-state index contributed by atoms with van der Waals surface area (Å²) in [5.41, 5.74) is 5.53. The Morgan fingerprint density at radius 2 is 2.13 bits per heavy atom. The Morgan fingerprint density at radius 1 is 1.30 bits per heavy atom. The molecule has 2 atom stereocenters. The van der Waals surface area contributed by atoms with Gasteiger partial charge in [0, 0.05) is 37.1 Å². The molecule has 4 rings (SSSR count). The van der Waals surface area contributed by atoms with Crippen LogP contribution in [0, 0.1) is 19.8 Å². The summed E-state index contributed by atoms with van der Waals surface area (Å²) in [5.74, 6) is 1.06. The van der Waals surface area contributed by atoms with E-state index in [0.29, 0.717) is 6.54 Å². The van der Waals surface area contributed by atoms with Crippen molar-refractivity contribution in [1.29, 1.82) is 0 Å². The molecule has 6 heteroatoms. The van der Waals surface area contributed by atoms with Crippen molar-refractivity contribution >= 4 is 17.2 Å². The Morgan fingerprint density at radius 3 is 2.90 bits per heavy atom. The minimum atomic E-state index is -0.00320. The van der Waals surface area contributed by atoms with Gasteiger partial charge >= 0.3 is 0 Å². The molecule has 1 aliphatic rings. The van der Waals surface area contributed by atoms with Crippen LogP contribution in [0.25, 0.3) is 16.8 Å². The van der Waals surface area contributed by atoms with E-state index in [0.717, 1.165) is 48.4 Å². The normalized spacial score (nSPS) is 17.9. The van der Waals surface area contributed by atoms with Gasteiger partial charge in [-0.3, -0.25) is 4.79 Å². The number of carbonyl (C=O) groups excluding carboxylic acids is 1. The summed E-state index contributed by atoms with van der Waals surface area (Å²) < 4.78 is 1.90. The van der Waals surface area contributed by atoms with Crippen molar-refractivity contribution < 1.29 is 4.79 Å². The van der Waals surface area contributed by atoms with Gasteiger partial charge in [-0.05, 0) is 51.7 Å². The Kier molecular flexibility index (Phi) is 5.75. The first-order valence-corrected chi connectivity index (χ1v) is 10.9. The van der Waals surface area contributed by atoms with Gasteiger partial charge < -0.3 is 10.2 Å². The molecule has 3 aromatic rings. The number of carbonyl (C=O) groups is 1. The highest BCUT2D eigenvalue weighted by molar-refractivity contribution is 5.81. The number of hydrogen-bond donors (Lipinski definition) is 1. The molecule has 1 saturated heterocycles. The lowest BCUT2D eigenvalue weighted by atomic mass is 9.96. The van der Waals surface area contributed by atoms with Gasteiger partial charge in [0.1, 0.15) is 5.52 Å². The lowest BCUT2D eigenvalue weighted by Crippen LogP contribution is -2.45. The van der Waals surface area contributed by atoms with Gasteiger partial charge in [-0.25, -0.2) is 9.50 Å². The molecule has 0 unspecified atom stereocenters. The third kappa shape index (κ3) is 4.04. The van der Waals surface area contributed by atoms with Crippen molar-refractivity contribution in [3.8, 4) is 11.3 Å². The number of fused-ring (bicyclic) bond motifs is 1. The Bertz CT molecular complexity index is 1060. The lowest BCUT2D eigenvalue weighted by molar-refractivity contribution is -0.125. The van der Waals surface area contributed by atoms with Crippen LogP contribution in [-0.2, 0) is 4.79 Å². The molecule has 0 aliphatic carbocycles.